The molecule has 0 saturated heterocycles. The maximum atomic E-state index is 12.8. The van der Waals surface area contributed by atoms with E-state index in [1.165, 1.54) is 7.11 Å². The maximum Gasteiger partial charge on any atom is 0.408 e. The van der Waals surface area contributed by atoms with E-state index in [0.717, 1.165) is 5.56 Å². The Hall–Kier alpha value is -3.57. The number of methoxy groups -OCH3 is 1. The van der Waals surface area contributed by atoms with Gasteiger partial charge in [0, 0.05) is 12.1 Å². The van der Waals surface area contributed by atoms with Crippen molar-refractivity contribution < 1.29 is 27.8 Å². The summed E-state index contributed by atoms with van der Waals surface area (Å²) < 4.78 is 44.1. The standard InChI is InChI=1S/C21H22F3N5O3/c1-32-15-5-3-2-4-14(15)20(31)27-10-12-6-8-13(9-7-12)17-16(19(26)30)18(25)29(28-17)11-21(22,23)24/h2-9,19,30H,10-11,25-26H2,1H3,(H,27,31). The average molecular weight is 449 g/mol. The molecule has 0 bridgehead atoms. The van der Waals surface area contributed by atoms with Crippen molar-refractivity contribution in [2.75, 3.05) is 12.8 Å². The van der Waals surface area contributed by atoms with E-state index in [-0.39, 0.29) is 29.5 Å². The molecule has 2 aromatic carbocycles. The number of nitrogens with one attached hydrogen (secondary N) is 1. The summed E-state index contributed by atoms with van der Waals surface area (Å²) in [4.78, 5) is 12.4. The summed E-state index contributed by atoms with van der Waals surface area (Å²) in [6, 6.07) is 13.3. The molecule has 0 radical (unpaired) electrons. The number of aliphatic hydroxyl groups excluding tert-OH is 1. The van der Waals surface area contributed by atoms with Crippen LogP contribution in [0.25, 0.3) is 11.3 Å². The third-order valence-electron chi connectivity index (χ3n) is 4.69. The summed E-state index contributed by atoms with van der Waals surface area (Å²) in [5.74, 6) is -0.237. The Labute approximate surface area is 181 Å². The van der Waals surface area contributed by atoms with Gasteiger partial charge in [0.05, 0.1) is 18.2 Å². The van der Waals surface area contributed by atoms with Crippen LogP contribution in [-0.2, 0) is 13.1 Å². The van der Waals surface area contributed by atoms with Crippen molar-refractivity contribution >= 4 is 11.7 Å². The number of nitrogens with zero attached hydrogens (tertiary/aromatic N) is 2. The van der Waals surface area contributed by atoms with Gasteiger partial charge >= 0.3 is 6.18 Å². The van der Waals surface area contributed by atoms with Crippen LogP contribution in [0.5, 0.6) is 5.75 Å². The zero-order chi connectivity index (χ0) is 23.5. The summed E-state index contributed by atoms with van der Waals surface area (Å²) >= 11 is 0. The smallest absolute Gasteiger partial charge is 0.408 e. The third kappa shape index (κ3) is 5.18. The Bertz CT molecular complexity index is 1100. The Morgan fingerprint density at radius 3 is 2.47 bits per heavy atom. The fraction of sp³-hybridized carbons (Fsp3) is 0.238. The molecule has 1 heterocycles. The quantitative estimate of drug-likeness (QED) is 0.411. The topological polar surface area (TPSA) is 128 Å². The molecule has 1 atom stereocenters. The maximum absolute atomic E-state index is 12.8. The number of hydrogen-bond donors (Lipinski definition) is 4. The minimum absolute atomic E-state index is 0.0476. The predicted molar refractivity (Wildman–Crippen MR) is 111 cm³/mol. The number of amides is 1. The highest BCUT2D eigenvalue weighted by Gasteiger charge is 2.32. The Morgan fingerprint density at radius 2 is 1.88 bits per heavy atom. The van der Waals surface area contributed by atoms with Crippen molar-refractivity contribution in [2.24, 2.45) is 5.73 Å². The van der Waals surface area contributed by atoms with Gasteiger partial charge in [-0.05, 0) is 17.7 Å². The van der Waals surface area contributed by atoms with Gasteiger partial charge in [0.2, 0.25) is 0 Å². The number of nitrogens with two attached hydrogens (primary N) is 2. The molecule has 1 amide bonds. The highest BCUT2D eigenvalue weighted by Crippen LogP contribution is 2.32. The third-order valence-corrected chi connectivity index (χ3v) is 4.69. The minimum atomic E-state index is -4.54. The number of aliphatic hydroxyl groups is 1. The van der Waals surface area contributed by atoms with Crippen LogP contribution in [0.2, 0.25) is 0 Å². The van der Waals surface area contributed by atoms with E-state index >= 15 is 0 Å². The molecular weight excluding hydrogens is 427 g/mol. The van der Waals surface area contributed by atoms with E-state index in [4.69, 9.17) is 16.2 Å². The van der Waals surface area contributed by atoms with E-state index in [9.17, 15) is 23.1 Å². The molecule has 11 heteroatoms. The number of halogens is 3. The average Bonchev–Trinajstić information content (AvgIpc) is 3.07. The van der Waals surface area contributed by atoms with E-state index in [2.05, 4.69) is 10.4 Å². The summed E-state index contributed by atoms with van der Waals surface area (Å²) in [5.41, 5.74) is 12.7. The van der Waals surface area contributed by atoms with Gasteiger partial charge in [0.15, 0.2) is 0 Å². The molecule has 0 aliphatic rings. The lowest BCUT2D eigenvalue weighted by Gasteiger charge is -2.10. The molecule has 1 aromatic heterocycles. The molecule has 0 aliphatic carbocycles. The van der Waals surface area contributed by atoms with Crippen molar-refractivity contribution in [3.8, 4) is 17.0 Å². The van der Waals surface area contributed by atoms with Crippen molar-refractivity contribution in [1.82, 2.24) is 15.1 Å². The Balaban J connectivity index is 1.78. The van der Waals surface area contributed by atoms with Crippen LogP contribution in [0.15, 0.2) is 48.5 Å². The molecule has 0 aliphatic heterocycles. The molecule has 0 spiro atoms. The van der Waals surface area contributed by atoms with Crippen molar-refractivity contribution in [3.63, 3.8) is 0 Å². The van der Waals surface area contributed by atoms with Gasteiger partial charge in [-0.1, -0.05) is 36.4 Å². The van der Waals surface area contributed by atoms with Gasteiger partial charge in [-0.2, -0.15) is 18.3 Å². The largest absolute Gasteiger partial charge is 0.496 e. The normalized spacial score (nSPS) is 12.4. The zero-order valence-corrected chi connectivity index (χ0v) is 17.1. The Morgan fingerprint density at radius 1 is 1.22 bits per heavy atom. The number of benzene rings is 2. The molecule has 32 heavy (non-hydrogen) atoms. The molecule has 3 rings (SSSR count). The molecular formula is C21H22F3N5O3. The predicted octanol–water partition coefficient (Wildman–Crippen LogP) is 2.58. The van der Waals surface area contributed by atoms with E-state index in [1.807, 2.05) is 0 Å². The fourth-order valence-electron chi connectivity index (χ4n) is 3.17. The van der Waals surface area contributed by atoms with Crippen molar-refractivity contribution in [2.45, 2.75) is 25.5 Å². The fourth-order valence-corrected chi connectivity index (χ4v) is 3.17. The second-order valence-corrected chi connectivity index (χ2v) is 6.95. The van der Waals surface area contributed by atoms with Crippen LogP contribution >= 0.6 is 0 Å². The number of para-hydroxylation sites is 1. The number of aromatic nitrogens is 2. The molecule has 170 valence electrons. The van der Waals surface area contributed by atoms with Crippen molar-refractivity contribution in [3.05, 3.63) is 65.2 Å². The first-order valence-electron chi connectivity index (χ1n) is 9.48. The number of carbonyl (C=O) groups is 1. The first kappa shape index (κ1) is 23.1. The van der Waals surface area contributed by atoms with E-state index < -0.39 is 18.9 Å². The van der Waals surface area contributed by atoms with Crippen LogP contribution in [0, 0.1) is 0 Å². The zero-order valence-electron chi connectivity index (χ0n) is 17.1. The molecule has 0 fully saturated rings. The lowest BCUT2D eigenvalue weighted by molar-refractivity contribution is -0.142. The summed E-state index contributed by atoms with van der Waals surface area (Å²) in [6.45, 7) is -1.21. The summed E-state index contributed by atoms with van der Waals surface area (Å²) in [7, 11) is 1.47. The number of rotatable bonds is 7. The number of alkyl halides is 3. The van der Waals surface area contributed by atoms with Gasteiger partial charge in [-0.15, -0.1) is 0 Å². The molecule has 6 N–H and O–H groups in total. The minimum Gasteiger partial charge on any atom is -0.496 e. The van der Waals surface area contributed by atoms with Gasteiger partial charge in [-0.25, -0.2) is 4.68 Å². The van der Waals surface area contributed by atoms with Gasteiger partial charge < -0.3 is 26.6 Å². The number of ether oxygens (including phenoxy) is 1. The Kier molecular flexibility index (Phi) is 6.70. The summed E-state index contributed by atoms with van der Waals surface area (Å²) in [5, 5.41) is 16.5. The van der Waals surface area contributed by atoms with Crippen LogP contribution in [0.3, 0.4) is 0 Å². The first-order valence-corrected chi connectivity index (χ1v) is 9.48. The SMILES string of the molecule is COc1ccccc1C(=O)NCc1ccc(-c2nn(CC(F)(F)F)c(N)c2C(N)O)cc1. The van der Waals surface area contributed by atoms with Crippen LogP contribution in [0.4, 0.5) is 19.0 Å². The molecule has 8 nitrogen and oxygen atoms in total. The second-order valence-electron chi connectivity index (χ2n) is 6.95. The van der Waals surface area contributed by atoms with Crippen molar-refractivity contribution in [1.29, 1.82) is 0 Å². The highest BCUT2D eigenvalue weighted by molar-refractivity contribution is 5.96. The molecule has 0 saturated carbocycles. The number of hydrogen-bond acceptors (Lipinski definition) is 6. The molecule has 1 unspecified atom stereocenters. The lowest BCUT2D eigenvalue weighted by atomic mass is 10.0. The van der Waals surface area contributed by atoms with Gasteiger partial charge in [0.1, 0.15) is 30.0 Å². The second kappa shape index (κ2) is 9.28. The molecule has 3 aromatic rings. The first-order chi connectivity index (χ1) is 15.1. The number of carbonyl (C=O) groups excluding carboxylic acids is 1. The van der Waals surface area contributed by atoms with E-state index in [1.54, 1.807) is 48.5 Å². The van der Waals surface area contributed by atoms with Gasteiger partial charge in [0.25, 0.3) is 5.91 Å². The highest BCUT2D eigenvalue weighted by atomic mass is 19.4. The lowest BCUT2D eigenvalue weighted by Crippen LogP contribution is -2.23. The van der Waals surface area contributed by atoms with Crippen LogP contribution < -0.4 is 21.5 Å². The van der Waals surface area contributed by atoms with Gasteiger partial charge in [-0.3, -0.25) is 4.79 Å². The van der Waals surface area contributed by atoms with Crippen LogP contribution in [0.1, 0.15) is 27.7 Å². The number of nitrogen functional groups attached to an aromatic ring is 1. The monoisotopic (exact) mass is 449 g/mol. The van der Waals surface area contributed by atoms with E-state index in [0.29, 0.717) is 21.6 Å². The summed E-state index contributed by atoms with van der Waals surface area (Å²) in [6.07, 6.45) is -6.15. The number of anilines is 1. The van der Waals surface area contributed by atoms with Crippen LogP contribution in [-0.4, -0.2) is 34.1 Å².